The number of carboxylic acid groups (broad SMARTS) is 1. The van der Waals surface area contributed by atoms with Crippen LogP contribution in [0.15, 0.2) is 30.6 Å². The number of carbonyl (C=O) groups excluding carboxylic acids is 1. The number of nitrogens with zero attached hydrogens (tertiary/aromatic N) is 3. The zero-order chi connectivity index (χ0) is 24.4. The van der Waals surface area contributed by atoms with E-state index in [-0.39, 0.29) is 40.5 Å². The second-order valence-corrected chi connectivity index (χ2v) is 9.56. The third kappa shape index (κ3) is 3.38. The highest BCUT2D eigenvalue weighted by Crippen LogP contribution is 2.46. The number of hydrogen-bond acceptors (Lipinski definition) is 5. The molecule has 3 saturated carbocycles. The van der Waals surface area contributed by atoms with Gasteiger partial charge in [-0.1, -0.05) is 0 Å². The molecular formula is C25H23F2N5O3. The molecule has 3 aliphatic rings. The van der Waals surface area contributed by atoms with Crippen molar-refractivity contribution in [2.75, 3.05) is 5.32 Å². The van der Waals surface area contributed by atoms with Crippen LogP contribution in [-0.2, 0) is 4.79 Å². The summed E-state index contributed by atoms with van der Waals surface area (Å²) in [6, 6.07) is 3.40. The minimum absolute atomic E-state index is 0.105. The van der Waals surface area contributed by atoms with Crippen LogP contribution in [0.1, 0.15) is 37.4 Å². The van der Waals surface area contributed by atoms with Gasteiger partial charge in [-0.3, -0.25) is 14.2 Å². The summed E-state index contributed by atoms with van der Waals surface area (Å²) < 4.78 is 29.7. The Kier molecular flexibility index (Phi) is 4.87. The maximum atomic E-state index is 14.3. The number of aromatic amines is 1. The first-order chi connectivity index (χ1) is 16.8. The van der Waals surface area contributed by atoms with Crippen LogP contribution in [0.5, 0.6) is 0 Å². The van der Waals surface area contributed by atoms with E-state index in [9.17, 15) is 23.5 Å². The van der Waals surface area contributed by atoms with Crippen molar-refractivity contribution < 1.29 is 23.5 Å². The summed E-state index contributed by atoms with van der Waals surface area (Å²) in [7, 11) is 0. The summed E-state index contributed by atoms with van der Waals surface area (Å²) in [5, 5.41) is 14.2. The van der Waals surface area contributed by atoms with Crippen LogP contribution in [0, 0.1) is 29.4 Å². The largest absolute Gasteiger partial charge is 0.481 e. The lowest BCUT2D eigenvalue weighted by molar-refractivity contribution is -0.148. The van der Waals surface area contributed by atoms with Gasteiger partial charge in [0.2, 0.25) is 5.91 Å². The van der Waals surface area contributed by atoms with Gasteiger partial charge in [0.15, 0.2) is 11.5 Å². The maximum absolute atomic E-state index is 14.3. The first-order valence-corrected chi connectivity index (χ1v) is 11.7. The van der Waals surface area contributed by atoms with Gasteiger partial charge >= 0.3 is 5.97 Å². The van der Waals surface area contributed by atoms with E-state index in [2.05, 4.69) is 15.3 Å². The van der Waals surface area contributed by atoms with E-state index < -0.39 is 23.5 Å². The number of carbonyl (C=O) groups is 2. The molecule has 10 heteroatoms. The molecule has 2 atom stereocenters. The van der Waals surface area contributed by atoms with E-state index in [0.29, 0.717) is 22.4 Å². The van der Waals surface area contributed by atoms with Crippen molar-refractivity contribution in [3.63, 3.8) is 0 Å². The molecule has 0 aliphatic heterocycles. The van der Waals surface area contributed by atoms with Crippen molar-refractivity contribution in [3.05, 3.63) is 42.2 Å². The highest BCUT2D eigenvalue weighted by atomic mass is 19.1. The Hall–Kier alpha value is -3.82. The second-order valence-electron chi connectivity index (χ2n) is 9.56. The molecule has 1 aromatic carbocycles. The van der Waals surface area contributed by atoms with Gasteiger partial charge in [-0.05, 0) is 49.7 Å². The fraction of sp³-hybridized carbons (Fsp3) is 0.360. The average molecular weight is 479 g/mol. The lowest BCUT2D eigenvalue weighted by atomic mass is 9.61. The Morgan fingerprint density at radius 2 is 1.86 bits per heavy atom. The number of halogens is 2. The summed E-state index contributed by atoms with van der Waals surface area (Å²) in [5.41, 5.74) is 0.834. The first-order valence-electron chi connectivity index (χ1n) is 11.7. The zero-order valence-corrected chi connectivity index (χ0v) is 18.9. The quantitative estimate of drug-likeness (QED) is 0.387. The molecule has 0 unspecified atom stereocenters. The van der Waals surface area contributed by atoms with Crippen molar-refractivity contribution in [2.45, 2.75) is 38.6 Å². The fourth-order valence-corrected chi connectivity index (χ4v) is 6.01. The van der Waals surface area contributed by atoms with Gasteiger partial charge < -0.3 is 15.4 Å². The van der Waals surface area contributed by atoms with Gasteiger partial charge in [-0.25, -0.2) is 18.7 Å². The molecule has 2 bridgehead atoms. The van der Waals surface area contributed by atoms with E-state index in [1.165, 1.54) is 23.8 Å². The summed E-state index contributed by atoms with van der Waals surface area (Å²) in [5.74, 6) is -2.22. The van der Waals surface area contributed by atoms with Crippen molar-refractivity contribution in [3.8, 4) is 11.4 Å². The molecule has 7 rings (SSSR count). The predicted molar refractivity (Wildman–Crippen MR) is 125 cm³/mol. The number of anilines is 1. The smallest absolute Gasteiger partial charge is 0.308 e. The average Bonchev–Trinajstić information content (AvgIpc) is 3.44. The molecule has 0 radical (unpaired) electrons. The Morgan fingerprint density at radius 1 is 1.11 bits per heavy atom. The van der Waals surface area contributed by atoms with Crippen LogP contribution in [0.2, 0.25) is 0 Å². The van der Waals surface area contributed by atoms with Crippen LogP contribution in [0.4, 0.5) is 14.6 Å². The third-order valence-corrected chi connectivity index (χ3v) is 7.64. The van der Waals surface area contributed by atoms with Crippen molar-refractivity contribution in [2.24, 2.45) is 17.8 Å². The number of aromatic nitrogens is 4. The summed E-state index contributed by atoms with van der Waals surface area (Å²) in [4.78, 5) is 36.5. The molecule has 4 aromatic rings. The van der Waals surface area contributed by atoms with Crippen LogP contribution in [0.3, 0.4) is 0 Å². The van der Waals surface area contributed by atoms with E-state index in [4.69, 9.17) is 4.98 Å². The Labute approximate surface area is 198 Å². The van der Waals surface area contributed by atoms with Gasteiger partial charge in [-0.15, -0.1) is 0 Å². The molecule has 3 aromatic heterocycles. The third-order valence-electron chi connectivity index (χ3n) is 7.64. The fourth-order valence-electron chi connectivity index (χ4n) is 6.01. The minimum atomic E-state index is -0.827. The van der Waals surface area contributed by atoms with Crippen molar-refractivity contribution in [1.29, 1.82) is 0 Å². The standard InChI is InChI=1S/C25H23F2N5O3/c1-11(33)32-7-6-15-22(29-20-13-4-2-12(3-5-13)19(20)25(34)35)30-23(31-24(15)32)17-10-28-21-16(17)8-14(26)9-18(21)27/h6-10,12-13,19-20,28H,2-5H2,1H3,(H,34,35)(H,29,30,31)/t12?,13?,19-,20-/m1/s1. The molecule has 0 amide bonds. The van der Waals surface area contributed by atoms with Crippen molar-refractivity contribution >= 4 is 39.6 Å². The van der Waals surface area contributed by atoms with Crippen LogP contribution in [-0.4, -0.2) is 42.5 Å². The Bertz CT molecular complexity index is 1500. The van der Waals surface area contributed by atoms with E-state index in [0.717, 1.165) is 31.7 Å². The number of rotatable bonds is 4. The lowest BCUT2D eigenvalue weighted by Crippen LogP contribution is -2.51. The number of aliphatic carboxylic acids is 1. The van der Waals surface area contributed by atoms with Gasteiger partial charge in [0.1, 0.15) is 17.5 Å². The molecule has 35 heavy (non-hydrogen) atoms. The topological polar surface area (TPSA) is 113 Å². The van der Waals surface area contributed by atoms with E-state index in [1.54, 1.807) is 12.3 Å². The number of benzene rings is 1. The molecule has 3 heterocycles. The second kappa shape index (κ2) is 7.86. The van der Waals surface area contributed by atoms with Crippen molar-refractivity contribution in [1.82, 2.24) is 19.5 Å². The Balaban J connectivity index is 1.53. The number of fused-ring (bicyclic) bond motifs is 5. The maximum Gasteiger partial charge on any atom is 0.308 e. The number of nitrogens with one attached hydrogen (secondary N) is 2. The van der Waals surface area contributed by atoms with Crippen LogP contribution < -0.4 is 5.32 Å². The lowest BCUT2D eigenvalue weighted by Gasteiger charge is -2.47. The zero-order valence-electron chi connectivity index (χ0n) is 18.9. The molecule has 3 fully saturated rings. The SMILES string of the molecule is CC(=O)n1ccc2c(N[C@@H]3C4CCC(CC4)[C@H]3C(=O)O)nc(-c3c[nH]c4c(F)cc(F)cc34)nc21. The molecule has 0 spiro atoms. The number of H-pyrrole nitrogens is 1. The molecule has 3 N–H and O–H groups in total. The summed E-state index contributed by atoms with van der Waals surface area (Å²) >= 11 is 0. The normalized spacial score (nSPS) is 23.7. The van der Waals surface area contributed by atoms with Gasteiger partial charge in [0.25, 0.3) is 0 Å². The van der Waals surface area contributed by atoms with Gasteiger partial charge in [0, 0.05) is 42.4 Å². The van der Waals surface area contributed by atoms with Gasteiger partial charge in [0.05, 0.1) is 16.8 Å². The van der Waals surface area contributed by atoms with Crippen LogP contribution in [0.25, 0.3) is 33.3 Å². The van der Waals surface area contributed by atoms with E-state index >= 15 is 0 Å². The Morgan fingerprint density at radius 3 is 2.57 bits per heavy atom. The number of carboxylic acids is 1. The molecule has 0 saturated heterocycles. The van der Waals surface area contributed by atoms with Gasteiger partial charge in [-0.2, -0.15) is 0 Å². The predicted octanol–water partition coefficient (Wildman–Crippen LogP) is 4.82. The summed E-state index contributed by atoms with van der Waals surface area (Å²) in [6.07, 6.45) is 6.79. The molecule has 3 aliphatic carbocycles. The minimum Gasteiger partial charge on any atom is -0.481 e. The number of hydrogen-bond donors (Lipinski definition) is 3. The monoisotopic (exact) mass is 479 g/mol. The van der Waals surface area contributed by atoms with E-state index in [1.807, 2.05) is 0 Å². The molecular weight excluding hydrogens is 456 g/mol. The molecule has 8 nitrogen and oxygen atoms in total. The first kappa shape index (κ1) is 21.7. The molecule has 180 valence electrons. The highest BCUT2D eigenvalue weighted by Gasteiger charge is 2.47. The highest BCUT2D eigenvalue weighted by molar-refractivity contribution is 5.99. The summed E-state index contributed by atoms with van der Waals surface area (Å²) in [6.45, 7) is 1.41. The van der Waals surface area contributed by atoms with Crippen LogP contribution >= 0.6 is 0 Å².